The number of thioether (sulfide) groups is 1. The van der Waals surface area contributed by atoms with E-state index in [9.17, 15) is 4.79 Å². The van der Waals surface area contributed by atoms with Crippen LogP contribution in [0.5, 0.6) is 5.75 Å². The summed E-state index contributed by atoms with van der Waals surface area (Å²) in [5.41, 5.74) is 7.33. The van der Waals surface area contributed by atoms with E-state index in [1.807, 2.05) is 66.2 Å². The largest absolute Gasteiger partial charge is 0.492 e. The van der Waals surface area contributed by atoms with Crippen LogP contribution in [0.3, 0.4) is 0 Å². The Kier molecular flexibility index (Phi) is 6.32. The molecule has 3 aromatic rings. The minimum absolute atomic E-state index is 0.0753. The van der Waals surface area contributed by atoms with Gasteiger partial charge in [0.15, 0.2) is 11.0 Å². The van der Waals surface area contributed by atoms with E-state index in [1.165, 1.54) is 11.8 Å². The second kappa shape index (κ2) is 9.09. The van der Waals surface area contributed by atoms with Crippen LogP contribution in [-0.2, 0) is 11.8 Å². The molecule has 0 spiro atoms. The lowest BCUT2D eigenvalue weighted by molar-refractivity contribution is -0.118. The summed E-state index contributed by atoms with van der Waals surface area (Å²) in [5.74, 6) is 1.71. The highest BCUT2D eigenvalue weighted by Gasteiger charge is 2.12. The number of hydrogen-bond donors (Lipinski definition) is 2. The van der Waals surface area contributed by atoms with E-state index >= 15 is 0 Å². The van der Waals surface area contributed by atoms with E-state index in [4.69, 9.17) is 10.5 Å². The third-order valence-corrected chi connectivity index (χ3v) is 4.79. The molecule has 1 heterocycles. The summed E-state index contributed by atoms with van der Waals surface area (Å²) >= 11 is 1.34. The summed E-state index contributed by atoms with van der Waals surface area (Å²) in [4.78, 5) is 12.0. The molecule has 8 heteroatoms. The Morgan fingerprint density at radius 2 is 1.89 bits per heavy atom. The molecule has 1 amide bonds. The Balaban J connectivity index is 1.44. The summed E-state index contributed by atoms with van der Waals surface area (Å²) in [6, 6.07) is 16.9. The van der Waals surface area contributed by atoms with E-state index < -0.39 is 0 Å². The first-order valence-corrected chi connectivity index (χ1v) is 9.44. The van der Waals surface area contributed by atoms with Gasteiger partial charge in [0.2, 0.25) is 5.91 Å². The molecule has 27 heavy (non-hydrogen) atoms. The van der Waals surface area contributed by atoms with Crippen LogP contribution in [0.4, 0.5) is 5.69 Å². The van der Waals surface area contributed by atoms with Gasteiger partial charge < -0.3 is 20.4 Å². The van der Waals surface area contributed by atoms with Gasteiger partial charge in [-0.05, 0) is 36.4 Å². The van der Waals surface area contributed by atoms with Gasteiger partial charge in [0.1, 0.15) is 12.4 Å². The standard InChI is InChI=1S/C19H21N5O2S/c1-24-18(14-7-9-15(20)10-8-14)22-23-19(24)27-13-17(25)21-11-12-26-16-5-3-2-4-6-16/h2-10H,11-13,20H2,1H3,(H,21,25). The zero-order valence-electron chi connectivity index (χ0n) is 15.0. The highest BCUT2D eigenvalue weighted by Crippen LogP contribution is 2.23. The maximum absolute atomic E-state index is 12.0. The van der Waals surface area contributed by atoms with Crippen molar-refractivity contribution < 1.29 is 9.53 Å². The number of para-hydroxylation sites is 1. The number of nitrogens with zero attached hydrogens (tertiary/aromatic N) is 3. The third-order valence-electron chi connectivity index (χ3n) is 3.77. The Hall–Kier alpha value is -3.00. The summed E-state index contributed by atoms with van der Waals surface area (Å²) in [6.45, 7) is 0.870. The zero-order valence-corrected chi connectivity index (χ0v) is 15.8. The number of hydrogen-bond acceptors (Lipinski definition) is 6. The van der Waals surface area contributed by atoms with Crippen LogP contribution in [0.15, 0.2) is 59.8 Å². The van der Waals surface area contributed by atoms with Crippen molar-refractivity contribution in [2.45, 2.75) is 5.16 Å². The molecule has 3 N–H and O–H groups in total. The molecule has 0 aliphatic rings. The van der Waals surface area contributed by atoms with Crippen LogP contribution in [0, 0.1) is 0 Å². The van der Waals surface area contributed by atoms with E-state index in [0.29, 0.717) is 24.0 Å². The Morgan fingerprint density at radius 3 is 2.63 bits per heavy atom. The van der Waals surface area contributed by atoms with E-state index in [1.54, 1.807) is 0 Å². The lowest BCUT2D eigenvalue weighted by Gasteiger charge is -2.07. The molecule has 0 saturated heterocycles. The van der Waals surface area contributed by atoms with Gasteiger partial charge in [0.25, 0.3) is 0 Å². The number of nitrogen functional groups attached to an aromatic ring is 1. The van der Waals surface area contributed by atoms with Crippen molar-refractivity contribution in [3.8, 4) is 17.1 Å². The van der Waals surface area contributed by atoms with Gasteiger partial charge in [-0.3, -0.25) is 4.79 Å². The normalized spacial score (nSPS) is 10.6. The molecular weight excluding hydrogens is 362 g/mol. The van der Waals surface area contributed by atoms with Gasteiger partial charge in [-0.2, -0.15) is 0 Å². The molecule has 7 nitrogen and oxygen atoms in total. The lowest BCUT2D eigenvalue weighted by atomic mass is 10.2. The summed E-state index contributed by atoms with van der Waals surface area (Å²) < 4.78 is 7.41. The summed E-state index contributed by atoms with van der Waals surface area (Å²) in [5, 5.41) is 11.9. The number of ether oxygens (including phenoxy) is 1. The summed E-state index contributed by atoms with van der Waals surface area (Å²) in [7, 11) is 1.87. The first-order valence-electron chi connectivity index (χ1n) is 8.46. The fourth-order valence-corrected chi connectivity index (χ4v) is 3.12. The molecule has 0 atom stereocenters. The van der Waals surface area contributed by atoms with Gasteiger partial charge in [0.05, 0.1) is 12.3 Å². The molecular formula is C19H21N5O2S. The molecule has 0 aliphatic carbocycles. The SMILES string of the molecule is Cn1c(SCC(=O)NCCOc2ccccc2)nnc1-c1ccc(N)cc1. The highest BCUT2D eigenvalue weighted by molar-refractivity contribution is 7.99. The van der Waals surface area contributed by atoms with Crippen molar-refractivity contribution in [1.29, 1.82) is 0 Å². The van der Waals surface area contributed by atoms with Crippen molar-refractivity contribution in [3.63, 3.8) is 0 Å². The number of carbonyl (C=O) groups excluding carboxylic acids is 1. The number of nitrogens with one attached hydrogen (secondary N) is 1. The minimum Gasteiger partial charge on any atom is -0.492 e. The van der Waals surface area contributed by atoms with Gasteiger partial charge in [-0.15, -0.1) is 10.2 Å². The van der Waals surface area contributed by atoms with Crippen LogP contribution in [-0.4, -0.2) is 39.6 Å². The topological polar surface area (TPSA) is 95.1 Å². The molecule has 0 unspecified atom stereocenters. The maximum Gasteiger partial charge on any atom is 0.230 e. The first kappa shape index (κ1) is 18.8. The average molecular weight is 383 g/mol. The fraction of sp³-hybridized carbons (Fsp3) is 0.211. The molecule has 0 bridgehead atoms. The Morgan fingerprint density at radius 1 is 1.15 bits per heavy atom. The van der Waals surface area contributed by atoms with Crippen molar-refractivity contribution in [1.82, 2.24) is 20.1 Å². The molecule has 0 fully saturated rings. The predicted octanol–water partition coefficient (Wildman–Crippen LogP) is 2.35. The van der Waals surface area contributed by atoms with Gasteiger partial charge in [0, 0.05) is 18.3 Å². The van der Waals surface area contributed by atoms with Gasteiger partial charge in [-0.25, -0.2) is 0 Å². The molecule has 0 saturated carbocycles. The van der Waals surface area contributed by atoms with Crippen LogP contribution in [0.2, 0.25) is 0 Å². The molecule has 140 valence electrons. The van der Waals surface area contributed by atoms with Crippen LogP contribution in [0.1, 0.15) is 0 Å². The number of rotatable bonds is 8. The third kappa shape index (κ3) is 5.24. The average Bonchev–Trinajstić information content (AvgIpc) is 3.05. The quantitative estimate of drug-likeness (QED) is 0.352. The lowest BCUT2D eigenvalue weighted by Crippen LogP contribution is -2.29. The molecule has 1 aromatic heterocycles. The molecule has 0 aliphatic heterocycles. The maximum atomic E-state index is 12.0. The van der Waals surface area contributed by atoms with Crippen molar-refractivity contribution in [2.75, 3.05) is 24.6 Å². The monoisotopic (exact) mass is 383 g/mol. The van der Waals surface area contributed by atoms with Crippen LogP contribution in [0.25, 0.3) is 11.4 Å². The number of anilines is 1. The van der Waals surface area contributed by atoms with Crippen molar-refractivity contribution in [3.05, 3.63) is 54.6 Å². The smallest absolute Gasteiger partial charge is 0.230 e. The predicted molar refractivity (Wildman–Crippen MR) is 107 cm³/mol. The van der Waals surface area contributed by atoms with E-state index in [0.717, 1.165) is 17.1 Å². The Bertz CT molecular complexity index is 881. The van der Waals surface area contributed by atoms with Crippen LogP contribution < -0.4 is 15.8 Å². The Labute approximate surface area is 161 Å². The second-order valence-electron chi connectivity index (χ2n) is 5.79. The van der Waals surface area contributed by atoms with Gasteiger partial charge >= 0.3 is 0 Å². The number of benzene rings is 2. The zero-order chi connectivity index (χ0) is 19.1. The number of aromatic nitrogens is 3. The number of amides is 1. The van der Waals surface area contributed by atoms with Crippen molar-refractivity contribution >= 4 is 23.4 Å². The van der Waals surface area contributed by atoms with Crippen LogP contribution >= 0.6 is 11.8 Å². The highest BCUT2D eigenvalue weighted by atomic mass is 32.2. The molecule has 0 radical (unpaired) electrons. The summed E-state index contributed by atoms with van der Waals surface area (Å²) in [6.07, 6.45) is 0. The first-order chi connectivity index (χ1) is 13.1. The molecule has 2 aromatic carbocycles. The fourth-order valence-electron chi connectivity index (χ4n) is 2.38. The number of carbonyl (C=O) groups is 1. The number of nitrogens with two attached hydrogens (primary N) is 1. The minimum atomic E-state index is -0.0753. The second-order valence-corrected chi connectivity index (χ2v) is 6.73. The molecule has 3 rings (SSSR count). The van der Waals surface area contributed by atoms with E-state index in [-0.39, 0.29) is 11.7 Å². The van der Waals surface area contributed by atoms with E-state index in [2.05, 4.69) is 15.5 Å². The van der Waals surface area contributed by atoms with Gasteiger partial charge in [-0.1, -0.05) is 30.0 Å². The van der Waals surface area contributed by atoms with Crippen molar-refractivity contribution in [2.24, 2.45) is 7.05 Å².